The van der Waals surface area contributed by atoms with Crippen LogP contribution in [0.1, 0.15) is 41.8 Å². The van der Waals surface area contributed by atoms with Crippen LogP contribution < -0.4 is 5.32 Å². The Balaban J connectivity index is 1.24. The zero-order chi connectivity index (χ0) is 17.1. The first-order valence-corrected chi connectivity index (χ1v) is 8.88. The summed E-state index contributed by atoms with van der Waals surface area (Å²) in [7, 11) is 0. The molecule has 1 atom stereocenters. The summed E-state index contributed by atoms with van der Waals surface area (Å²) in [5.41, 5.74) is 5.65. The number of hydrogen-bond acceptors (Lipinski definition) is 4. The van der Waals surface area contributed by atoms with E-state index in [1.54, 1.807) is 0 Å². The Labute approximate surface area is 146 Å². The summed E-state index contributed by atoms with van der Waals surface area (Å²) in [6, 6.07) is 10.3. The number of nitrogens with one attached hydrogen (secondary N) is 2. The molecule has 0 unspecified atom stereocenters. The van der Waals surface area contributed by atoms with Crippen molar-refractivity contribution in [1.29, 1.82) is 0 Å². The fourth-order valence-electron chi connectivity index (χ4n) is 3.47. The third-order valence-corrected chi connectivity index (χ3v) is 4.89. The molecule has 1 aliphatic carbocycles. The number of H-pyrrole nitrogens is 1. The summed E-state index contributed by atoms with van der Waals surface area (Å²) in [5, 5.41) is 14.4. The van der Waals surface area contributed by atoms with Crippen molar-refractivity contribution >= 4 is 11.6 Å². The van der Waals surface area contributed by atoms with Gasteiger partial charge in [-0.2, -0.15) is 5.10 Å². The second-order valence-corrected chi connectivity index (χ2v) is 6.64. The number of aromatic amines is 1. The first kappa shape index (κ1) is 15.9. The van der Waals surface area contributed by atoms with Gasteiger partial charge in [0.2, 0.25) is 6.10 Å². The highest BCUT2D eigenvalue weighted by molar-refractivity contribution is 5.92. The molecule has 2 aliphatic rings. The Morgan fingerprint density at radius 2 is 2.12 bits per heavy atom. The van der Waals surface area contributed by atoms with E-state index in [0.717, 1.165) is 43.5 Å². The maximum atomic E-state index is 12.3. The SMILES string of the molecule is O=C(NCc1n[nH]c2c1CCC2)[C@H]1CC(CCc2ccccc2)=NO1. The van der Waals surface area contributed by atoms with Crippen LogP contribution in [0.4, 0.5) is 0 Å². The van der Waals surface area contributed by atoms with Crippen LogP contribution in [0, 0.1) is 0 Å². The summed E-state index contributed by atoms with van der Waals surface area (Å²) in [5.74, 6) is -0.117. The van der Waals surface area contributed by atoms with E-state index in [2.05, 4.69) is 32.8 Å². The lowest BCUT2D eigenvalue weighted by Crippen LogP contribution is -2.34. The van der Waals surface area contributed by atoms with E-state index < -0.39 is 6.10 Å². The fourth-order valence-corrected chi connectivity index (χ4v) is 3.47. The smallest absolute Gasteiger partial charge is 0.264 e. The van der Waals surface area contributed by atoms with Crippen LogP contribution in [0.5, 0.6) is 0 Å². The minimum absolute atomic E-state index is 0.117. The third-order valence-electron chi connectivity index (χ3n) is 4.89. The highest BCUT2D eigenvalue weighted by Crippen LogP contribution is 2.22. The Hall–Kier alpha value is -2.63. The van der Waals surface area contributed by atoms with Gasteiger partial charge in [0.05, 0.1) is 18.0 Å². The molecule has 0 saturated heterocycles. The summed E-state index contributed by atoms with van der Waals surface area (Å²) in [6.45, 7) is 0.448. The molecule has 6 heteroatoms. The van der Waals surface area contributed by atoms with E-state index in [4.69, 9.17) is 4.84 Å². The molecule has 0 bridgehead atoms. The van der Waals surface area contributed by atoms with Crippen molar-refractivity contribution in [3.8, 4) is 0 Å². The monoisotopic (exact) mass is 338 g/mol. The normalized spacial score (nSPS) is 18.6. The van der Waals surface area contributed by atoms with E-state index >= 15 is 0 Å². The first-order chi connectivity index (χ1) is 12.3. The molecule has 1 amide bonds. The topological polar surface area (TPSA) is 79.4 Å². The standard InChI is InChI=1S/C19H22N4O2/c24-19(20-12-17-15-7-4-8-16(15)21-22-17)18-11-14(23-25-18)10-9-13-5-2-1-3-6-13/h1-3,5-6,18H,4,7-12H2,(H,20,24)(H,21,22)/t18-/m1/s1. The zero-order valence-electron chi connectivity index (χ0n) is 14.1. The maximum absolute atomic E-state index is 12.3. The van der Waals surface area contributed by atoms with Crippen LogP contribution in [0.2, 0.25) is 0 Å². The van der Waals surface area contributed by atoms with E-state index in [1.807, 2.05) is 18.2 Å². The molecule has 1 aromatic carbocycles. The number of amides is 1. The number of carbonyl (C=O) groups is 1. The van der Waals surface area contributed by atoms with E-state index in [9.17, 15) is 4.79 Å². The van der Waals surface area contributed by atoms with Gasteiger partial charge in [-0.25, -0.2) is 0 Å². The van der Waals surface area contributed by atoms with Crippen LogP contribution in [0.3, 0.4) is 0 Å². The number of aromatic nitrogens is 2. The lowest BCUT2D eigenvalue weighted by molar-refractivity contribution is -0.131. The predicted octanol–water partition coefficient (Wildman–Crippen LogP) is 2.29. The molecule has 0 radical (unpaired) electrons. The maximum Gasteiger partial charge on any atom is 0.264 e. The lowest BCUT2D eigenvalue weighted by atomic mass is 10.0. The van der Waals surface area contributed by atoms with Crippen LogP contribution in [0.15, 0.2) is 35.5 Å². The first-order valence-electron chi connectivity index (χ1n) is 8.88. The average Bonchev–Trinajstić information content (AvgIpc) is 3.36. The third kappa shape index (κ3) is 3.57. The molecular formula is C19H22N4O2. The van der Waals surface area contributed by atoms with E-state index in [0.29, 0.717) is 13.0 Å². The van der Waals surface area contributed by atoms with Crippen LogP contribution in [0.25, 0.3) is 0 Å². The van der Waals surface area contributed by atoms with E-state index in [1.165, 1.54) is 16.8 Å². The quantitative estimate of drug-likeness (QED) is 0.848. The molecule has 25 heavy (non-hydrogen) atoms. The minimum Gasteiger partial charge on any atom is -0.382 e. The van der Waals surface area contributed by atoms with Crippen molar-refractivity contribution in [2.75, 3.05) is 0 Å². The molecule has 0 spiro atoms. The van der Waals surface area contributed by atoms with Crippen LogP contribution in [-0.4, -0.2) is 27.9 Å². The number of benzene rings is 1. The molecule has 2 aromatic rings. The molecular weight excluding hydrogens is 316 g/mol. The number of nitrogens with zero attached hydrogens (tertiary/aromatic N) is 2. The second-order valence-electron chi connectivity index (χ2n) is 6.64. The molecule has 1 aromatic heterocycles. The number of fused-ring (bicyclic) bond motifs is 1. The number of rotatable bonds is 6. The Bertz CT molecular complexity index is 782. The van der Waals surface area contributed by atoms with E-state index in [-0.39, 0.29) is 5.91 Å². The summed E-state index contributed by atoms with van der Waals surface area (Å²) in [4.78, 5) is 17.6. The van der Waals surface area contributed by atoms with Crippen molar-refractivity contribution in [2.24, 2.45) is 5.16 Å². The van der Waals surface area contributed by atoms with Crippen LogP contribution >= 0.6 is 0 Å². The Kier molecular flexibility index (Phi) is 4.50. The Morgan fingerprint density at radius 3 is 3.00 bits per heavy atom. The number of aryl methyl sites for hydroxylation is 2. The van der Waals surface area contributed by atoms with Crippen molar-refractivity contribution in [3.63, 3.8) is 0 Å². The molecule has 0 saturated carbocycles. The largest absolute Gasteiger partial charge is 0.382 e. The van der Waals surface area contributed by atoms with Gasteiger partial charge in [-0.1, -0.05) is 35.5 Å². The fraction of sp³-hybridized carbons (Fsp3) is 0.421. The van der Waals surface area contributed by atoms with Crippen LogP contribution in [-0.2, 0) is 35.4 Å². The van der Waals surface area contributed by atoms with Crippen molar-refractivity contribution in [3.05, 3.63) is 52.8 Å². The average molecular weight is 338 g/mol. The highest BCUT2D eigenvalue weighted by atomic mass is 16.6. The minimum atomic E-state index is -0.516. The van der Waals surface area contributed by atoms with Gasteiger partial charge in [-0.05, 0) is 43.2 Å². The molecule has 0 fully saturated rings. The van der Waals surface area contributed by atoms with Gasteiger partial charge in [-0.15, -0.1) is 0 Å². The molecule has 1 aliphatic heterocycles. The van der Waals surface area contributed by atoms with Gasteiger partial charge in [0.15, 0.2) is 0 Å². The highest BCUT2D eigenvalue weighted by Gasteiger charge is 2.28. The summed E-state index contributed by atoms with van der Waals surface area (Å²) >= 11 is 0. The van der Waals surface area contributed by atoms with Gasteiger partial charge in [0.1, 0.15) is 0 Å². The number of carbonyl (C=O) groups excluding carboxylic acids is 1. The number of oxime groups is 1. The molecule has 2 N–H and O–H groups in total. The summed E-state index contributed by atoms with van der Waals surface area (Å²) < 4.78 is 0. The van der Waals surface area contributed by atoms with Gasteiger partial charge < -0.3 is 10.2 Å². The van der Waals surface area contributed by atoms with Gasteiger partial charge in [0, 0.05) is 12.1 Å². The lowest BCUT2D eigenvalue weighted by Gasteiger charge is -2.09. The molecule has 130 valence electrons. The second kappa shape index (κ2) is 7.09. The number of hydrogen-bond donors (Lipinski definition) is 2. The van der Waals surface area contributed by atoms with Crippen molar-refractivity contribution in [1.82, 2.24) is 15.5 Å². The zero-order valence-corrected chi connectivity index (χ0v) is 14.1. The molecule has 4 rings (SSSR count). The molecule has 2 heterocycles. The van der Waals surface area contributed by atoms with Crippen molar-refractivity contribution < 1.29 is 9.63 Å². The summed E-state index contributed by atoms with van der Waals surface area (Å²) in [6.07, 6.45) is 5.05. The Morgan fingerprint density at radius 1 is 1.24 bits per heavy atom. The predicted molar refractivity (Wildman–Crippen MR) is 94.1 cm³/mol. The van der Waals surface area contributed by atoms with Gasteiger partial charge in [-0.3, -0.25) is 9.89 Å². The molecule has 6 nitrogen and oxygen atoms in total. The van der Waals surface area contributed by atoms with Gasteiger partial charge in [0.25, 0.3) is 5.91 Å². The van der Waals surface area contributed by atoms with Gasteiger partial charge >= 0.3 is 0 Å². The van der Waals surface area contributed by atoms with Crippen molar-refractivity contribution in [2.45, 2.75) is 51.2 Å².